The van der Waals surface area contributed by atoms with Crippen molar-refractivity contribution in [1.29, 1.82) is 0 Å². The van der Waals surface area contributed by atoms with E-state index in [4.69, 9.17) is 9.47 Å². The van der Waals surface area contributed by atoms with E-state index in [1.54, 1.807) is 19.2 Å². The normalized spacial score (nSPS) is 13.3. The Morgan fingerprint density at radius 3 is 2.39 bits per heavy atom. The summed E-state index contributed by atoms with van der Waals surface area (Å²) in [6, 6.07) is 12.9. The average molecular weight is 337 g/mol. The Kier molecular flexibility index (Phi) is 6.25. The van der Waals surface area contributed by atoms with Crippen molar-refractivity contribution in [2.24, 2.45) is 0 Å². The van der Waals surface area contributed by atoms with Crippen LogP contribution >= 0.6 is 0 Å². The number of hydrogen-bond donors (Lipinski definition) is 1. The van der Waals surface area contributed by atoms with Crippen LogP contribution < -0.4 is 27.2 Å². The molecular formula is C18H20ClFNO2-. The number of ether oxygens (including phenoxy) is 2. The second kappa shape index (κ2) is 8.18. The summed E-state index contributed by atoms with van der Waals surface area (Å²) in [6.45, 7) is 1.23. The van der Waals surface area contributed by atoms with Gasteiger partial charge in [-0.15, -0.1) is 0 Å². The maximum Gasteiger partial charge on any atom is 0.161 e. The molecule has 0 spiro atoms. The summed E-state index contributed by atoms with van der Waals surface area (Å²) in [5.74, 6) is 1.17. The van der Waals surface area contributed by atoms with Gasteiger partial charge in [-0.2, -0.15) is 0 Å². The third-order valence-corrected chi connectivity index (χ3v) is 3.71. The maximum atomic E-state index is 12.9. The minimum absolute atomic E-state index is 0. The van der Waals surface area contributed by atoms with E-state index in [-0.39, 0.29) is 18.2 Å². The van der Waals surface area contributed by atoms with Crippen LogP contribution in [0.3, 0.4) is 0 Å². The van der Waals surface area contributed by atoms with Crippen LogP contribution in [0.2, 0.25) is 0 Å². The Balaban J connectivity index is 0.00000192. The van der Waals surface area contributed by atoms with Crippen molar-refractivity contribution < 1.29 is 26.3 Å². The largest absolute Gasteiger partial charge is 1.00 e. The van der Waals surface area contributed by atoms with E-state index in [0.717, 1.165) is 17.9 Å². The quantitative estimate of drug-likeness (QED) is 0.806. The molecule has 3 nitrogen and oxygen atoms in total. The number of methoxy groups -OCH3 is 1. The summed E-state index contributed by atoms with van der Waals surface area (Å²) in [5.41, 5.74) is 2.10. The lowest BCUT2D eigenvalue weighted by Crippen LogP contribution is -3.00. The lowest BCUT2D eigenvalue weighted by molar-refractivity contribution is -0.00000570. The smallest absolute Gasteiger partial charge is 0.161 e. The fourth-order valence-corrected chi connectivity index (χ4v) is 2.23. The monoisotopic (exact) mass is 336 g/mol. The van der Waals surface area contributed by atoms with Crippen LogP contribution in [0.5, 0.6) is 11.5 Å². The van der Waals surface area contributed by atoms with E-state index in [0.29, 0.717) is 18.4 Å². The molecule has 3 rings (SSSR count). The van der Waals surface area contributed by atoms with E-state index < -0.39 is 0 Å². The molecule has 0 aliphatic heterocycles. The van der Waals surface area contributed by atoms with Gasteiger partial charge in [-0.25, -0.2) is 4.39 Å². The van der Waals surface area contributed by atoms with E-state index >= 15 is 0 Å². The number of rotatable bonds is 7. The van der Waals surface area contributed by atoms with Crippen LogP contribution in [0.4, 0.5) is 4.39 Å². The first-order valence-corrected chi connectivity index (χ1v) is 7.52. The molecule has 0 bridgehead atoms. The van der Waals surface area contributed by atoms with Crippen molar-refractivity contribution >= 4 is 0 Å². The summed E-state index contributed by atoms with van der Waals surface area (Å²) < 4.78 is 24.1. The van der Waals surface area contributed by atoms with Gasteiger partial charge >= 0.3 is 0 Å². The topological polar surface area (TPSA) is 30.5 Å². The van der Waals surface area contributed by atoms with Gasteiger partial charge in [0, 0.05) is 12.6 Å². The van der Waals surface area contributed by atoms with Gasteiger partial charge in [0.1, 0.15) is 12.4 Å². The molecule has 124 valence electrons. The van der Waals surface area contributed by atoms with Gasteiger partial charge in [0.2, 0.25) is 0 Å². The fourth-order valence-electron chi connectivity index (χ4n) is 2.23. The van der Waals surface area contributed by atoms with Gasteiger partial charge in [0.25, 0.3) is 0 Å². The van der Waals surface area contributed by atoms with Crippen molar-refractivity contribution in [1.82, 2.24) is 5.32 Å². The standard InChI is InChI=1S/C18H20FNO2.ClH/c1-21-18-10-14(11-20-16-7-8-16)4-9-17(18)22-12-13-2-5-15(19)6-3-13;/h2-6,9-10,16,20H,7-8,11-12H2,1H3;1H/p-1. The molecule has 23 heavy (non-hydrogen) atoms. The van der Waals surface area contributed by atoms with Gasteiger partial charge in [0.15, 0.2) is 11.5 Å². The van der Waals surface area contributed by atoms with E-state index in [1.807, 2.05) is 18.2 Å². The third-order valence-electron chi connectivity index (χ3n) is 3.71. The SMILES string of the molecule is COc1cc(CNC2CC2)ccc1OCc1ccc(F)cc1.[Cl-]. The molecule has 0 radical (unpaired) electrons. The van der Waals surface area contributed by atoms with Crippen LogP contribution in [-0.4, -0.2) is 13.2 Å². The van der Waals surface area contributed by atoms with Crippen LogP contribution in [0.25, 0.3) is 0 Å². The Labute approximate surface area is 142 Å². The Hall–Kier alpha value is -1.78. The lowest BCUT2D eigenvalue weighted by Gasteiger charge is -2.12. The zero-order valence-corrected chi connectivity index (χ0v) is 13.8. The maximum absolute atomic E-state index is 12.9. The minimum atomic E-state index is -0.242. The zero-order valence-electron chi connectivity index (χ0n) is 13.0. The Morgan fingerprint density at radius 1 is 1.04 bits per heavy atom. The minimum Gasteiger partial charge on any atom is -1.00 e. The molecule has 1 aliphatic rings. The molecule has 0 amide bonds. The molecule has 0 atom stereocenters. The van der Waals surface area contributed by atoms with Gasteiger partial charge in [-0.3, -0.25) is 0 Å². The van der Waals surface area contributed by atoms with Crippen LogP contribution in [-0.2, 0) is 13.2 Å². The number of benzene rings is 2. The van der Waals surface area contributed by atoms with E-state index in [1.165, 1.54) is 30.5 Å². The van der Waals surface area contributed by atoms with E-state index in [2.05, 4.69) is 5.32 Å². The molecule has 2 aromatic carbocycles. The Morgan fingerprint density at radius 2 is 1.74 bits per heavy atom. The average Bonchev–Trinajstić information content (AvgIpc) is 3.37. The molecule has 0 heterocycles. The highest BCUT2D eigenvalue weighted by atomic mass is 35.5. The van der Waals surface area contributed by atoms with Gasteiger partial charge < -0.3 is 27.2 Å². The molecule has 0 aromatic heterocycles. The highest BCUT2D eigenvalue weighted by Crippen LogP contribution is 2.29. The number of hydrogen-bond acceptors (Lipinski definition) is 3. The molecular weight excluding hydrogens is 317 g/mol. The number of nitrogens with one attached hydrogen (secondary N) is 1. The summed E-state index contributed by atoms with van der Waals surface area (Å²) in [4.78, 5) is 0. The second-order valence-corrected chi connectivity index (χ2v) is 5.56. The summed E-state index contributed by atoms with van der Waals surface area (Å²) in [7, 11) is 1.64. The highest BCUT2D eigenvalue weighted by molar-refractivity contribution is 5.43. The van der Waals surface area contributed by atoms with Crippen molar-refractivity contribution in [3.63, 3.8) is 0 Å². The first kappa shape index (κ1) is 17.6. The highest BCUT2D eigenvalue weighted by Gasteiger charge is 2.20. The summed E-state index contributed by atoms with van der Waals surface area (Å²) in [6.07, 6.45) is 2.55. The fraction of sp³-hybridized carbons (Fsp3) is 0.333. The van der Waals surface area contributed by atoms with Gasteiger partial charge in [-0.1, -0.05) is 18.2 Å². The molecule has 5 heteroatoms. The van der Waals surface area contributed by atoms with Crippen molar-refractivity contribution in [3.8, 4) is 11.5 Å². The number of halogens is 2. The molecule has 1 N–H and O–H groups in total. The molecule has 1 saturated carbocycles. The van der Waals surface area contributed by atoms with Crippen LogP contribution in [0.1, 0.15) is 24.0 Å². The van der Waals surface area contributed by atoms with Crippen molar-refractivity contribution in [2.75, 3.05) is 7.11 Å². The van der Waals surface area contributed by atoms with E-state index in [9.17, 15) is 4.39 Å². The van der Waals surface area contributed by atoms with Crippen molar-refractivity contribution in [3.05, 3.63) is 59.4 Å². The molecule has 0 saturated heterocycles. The summed E-state index contributed by atoms with van der Waals surface area (Å²) in [5, 5.41) is 3.47. The van der Waals surface area contributed by atoms with Gasteiger partial charge in [-0.05, 0) is 48.2 Å². The zero-order chi connectivity index (χ0) is 15.4. The third kappa shape index (κ3) is 5.12. The van der Waals surface area contributed by atoms with Crippen LogP contribution in [0, 0.1) is 5.82 Å². The van der Waals surface area contributed by atoms with Crippen LogP contribution in [0.15, 0.2) is 42.5 Å². The predicted molar refractivity (Wildman–Crippen MR) is 83.6 cm³/mol. The first-order valence-electron chi connectivity index (χ1n) is 7.52. The lowest BCUT2D eigenvalue weighted by atomic mass is 10.2. The molecule has 0 unspecified atom stereocenters. The molecule has 2 aromatic rings. The van der Waals surface area contributed by atoms with Crippen molar-refractivity contribution in [2.45, 2.75) is 32.0 Å². The second-order valence-electron chi connectivity index (χ2n) is 5.56. The summed E-state index contributed by atoms with van der Waals surface area (Å²) >= 11 is 0. The predicted octanol–water partition coefficient (Wildman–Crippen LogP) is 0.669. The first-order chi connectivity index (χ1) is 10.7. The van der Waals surface area contributed by atoms with Gasteiger partial charge in [0.05, 0.1) is 7.11 Å². The Bertz CT molecular complexity index is 629. The molecule has 1 aliphatic carbocycles. The molecule has 1 fully saturated rings.